The largest absolute Gasteiger partial charge is 0.355 e. The summed E-state index contributed by atoms with van der Waals surface area (Å²) in [6.07, 6.45) is 2.34. The van der Waals surface area contributed by atoms with Gasteiger partial charge in [-0.3, -0.25) is 4.79 Å². The van der Waals surface area contributed by atoms with Crippen LogP contribution in [0.3, 0.4) is 0 Å². The smallest absolute Gasteiger partial charge is 0.230 e. The summed E-state index contributed by atoms with van der Waals surface area (Å²) in [6, 6.07) is 10.2. The summed E-state index contributed by atoms with van der Waals surface area (Å²) in [6.45, 7) is 0.675. The van der Waals surface area contributed by atoms with E-state index in [4.69, 9.17) is 5.84 Å². The zero-order chi connectivity index (χ0) is 14.9. The maximum Gasteiger partial charge on any atom is 0.230 e. The average molecular weight is 323 g/mol. The van der Waals surface area contributed by atoms with Gasteiger partial charge in [0.15, 0.2) is 0 Å². The van der Waals surface area contributed by atoms with Gasteiger partial charge in [0.2, 0.25) is 11.1 Å². The van der Waals surface area contributed by atoms with Crippen LogP contribution in [0, 0.1) is 0 Å². The van der Waals surface area contributed by atoms with Crippen LogP contribution in [-0.2, 0) is 4.79 Å². The summed E-state index contributed by atoms with van der Waals surface area (Å²) < 4.78 is 1.30. The van der Waals surface area contributed by atoms with Crippen LogP contribution in [0.1, 0.15) is 6.42 Å². The Morgan fingerprint density at radius 2 is 2.10 bits per heavy atom. The number of thioether (sulfide) groups is 2. The molecule has 0 unspecified atom stereocenters. The van der Waals surface area contributed by atoms with E-state index in [1.165, 1.54) is 27.7 Å². The van der Waals surface area contributed by atoms with Gasteiger partial charge in [-0.25, -0.2) is 4.68 Å². The molecule has 0 bridgehead atoms. The first-order valence-corrected chi connectivity index (χ1v) is 8.45. The summed E-state index contributed by atoms with van der Waals surface area (Å²) in [4.78, 5) is 12.9. The Kier molecular flexibility index (Phi) is 6.42. The Balaban J connectivity index is 1.54. The van der Waals surface area contributed by atoms with Crippen molar-refractivity contribution < 1.29 is 4.79 Å². The molecule has 8 heteroatoms. The molecule has 2 rings (SSSR count). The molecule has 1 heterocycles. The molecule has 1 amide bonds. The number of nitrogens with zero attached hydrogens (tertiary/aromatic N) is 3. The van der Waals surface area contributed by atoms with Crippen LogP contribution in [0.4, 0.5) is 0 Å². The maximum atomic E-state index is 11.6. The summed E-state index contributed by atoms with van der Waals surface area (Å²) in [5.41, 5.74) is 0. The SMILES string of the molecule is Nn1cnnc1SCC(=O)NCCCSc1ccccc1. The van der Waals surface area contributed by atoms with Gasteiger partial charge >= 0.3 is 0 Å². The highest BCUT2D eigenvalue weighted by atomic mass is 32.2. The molecule has 0 fully saturated rings. The minimum absolute atomic E-state index is 0.0206. The van der Waals surface area contributed by atoms with Crippen molar-refractivity contribution in [2.75, 3.05) is 23.9 Å². The van der Waals surface area contributed by atoms with Crippen molar-refractivity contribution in [1.82, 2.24) is 20.2 Å². The number of aromatic nitrogens is 3. The van der Waals surface area contributed by atoms with E-state index in [1.54, 1.807) is 11.8 Å². The number of amides is 1. The van der Waals surface area contributed by atoms with E-state index in [0.717, 1.165) is 12.2 Å². The van der Waals surface area contributed by atoms with Crippen LogP contribution >= 0.6 is 23.5 Å². The topological polar surface area (TPSA) is 85.8 Å². The van der Waals surface area contributed by atoms with E-state index >= 15 is 0 Å². The van der Waals surface area contributed by atoms with Gasteiger partial charge in [-0.2, -0.15) is 0 Å². The molecule has 0 aliphatic rings. The van der Waals surface area contributed by atoms with Crippen LogP contribution in [0.15, 0.2) is 46.7 Å². The Morgan fingerprint density at radius 3 is 2.81 bits per heavy atom. The lowest BCUT2D eigenvalue weighted by molar-refractivity contribution is -0.118. The first kappa shape index (κ1) is 15.7. The molecule has 0 saturated carbocycles. The summed E-state index contributed by atoms with van der Waals surface area (Å²) >= 11 is 3.06. The minimum Gasteiger partial charge on any atom is -0.355 e. The van der Waals surface area contributed by atoms with Gasteiger partial charge in [-0.1, -0.05) is 30.0 Å². The summed E-state index contributed by atoms with van der Waals surface area (Å²) in [5, 5.41) is 10.9. The Labute approximate surface area is 131 Å². The van der Waals surface area contributed by atoms with E-state index < -0.39 is 0 Å². The highest BCUT2D eigenvalue weighted by Crippen LogP contribution is 2.17. The number of benzene rings is 1. The number of nitrogens with two attached hydrogens (primary N) is 1. The van der Waals surface area contributed by atoms with Crippen molar-refractivity contribution in [3.05, 3.63) is 36.7 Å². The molecule has 1 aromatic carbocycles. The van der Waals surface area contributed by atoms with E-state index in [1.807, 2.05) is 18.2 Å². The molecule has 0 radical (unpaired) electrons. The second-order valence-electron chi connectivity index (χ2n) is 4.17. The lowest BCUT2D eigenvalue weighted by Gasteiger charge is -2.05. The van der Waals surface area contributed by atoms with E-state index in [9.17, 15) is 4.79 Å². The highest BCUT2D eigenvalue weighted by Gasteiger charge is 2.06. The van der Waals surface area contributed by atoms with Crippen LogP contribution in [0.25, 0.3) is 0 Å². The predicted molar refractivity (Wildman–Crippen MR) is 85.7 cm³/mol. The normalized spacial score (nSPS) is 10.5. The molecule has 0 saturated heterocycles. The van der Waals surface area contributed by atoms with E-state index in [2.05, 4.69) is 27.6 Å². The quantitative estimate of drug-likeness (QED) is 0.434. The molecule has 21 heavy (non-hydrogen) atoms. The van der Waals surface area contributed by atoms with Gasteiger partial charge in [-0.05, 0) is 24.3 Å². The number of nitrogen functional groups attached to an aromatic ring is 1. The van der Waals surface area contributed by atoms with Crippen molar-refractivity contribution in [3.8, 4) is 0 Å². The standard InChI is InChI=1S/C13H17N5OS2/c14-18-10-16-17-13(18)21-9-12(19)15-7-4-8-20-11-5-2-1-3-6-11/h1-3,5-6,10H,4,7-9,14H2,(H,15,19). The number of carbonyl (C=O) groups excluding carboxylic acids is 1. The van der Waals surface area contributed by atoms with Gasteiger partial charge in [0, 0.05) is 11.4 Å². The first-order valence-electron chi connectivity index (χ1n) is 6.48. The van der Waals surface area contributed by atoms with Gasteiger partial charge in [-0.15, -0.1) is 22.0 Å². The zero-order valence-corrected chi connectivity index (χ0v) is 13.1. The van der Waals surface area contributed by atoms with Crippen molar-refractivity contribution >= 4 is 29.4 Å². The second-order valence-corrected chi connectivity index (χ2v) is 6.29. The van der Waals surface area contributed by atoms with Gasteiger partial charge in [0.05, 0.1) is 5.75 Å². The Hall–Kier alpha value is -1.67. The number of hydrogen-bond acceptors (Lipinski definition) is 6. The van der Waals surface area contributed by atoms with Crippen LogP contribution < -0.4 is 11.2 Å². The second kappa shape index (κ2) is 8.58. The Bertz CT molecular complexity index is 561. The molecule has 112 valence electrons. The molecule has 6 nitrogen and oxygen atoms in total. The van der Waals surface area contributed by atoms with Gasteiger partial charge in [0.25, 0.3) is 0 Å². The molecule has 0 aliphatic heterocycles. The molecule has 0 aliphatic carbocycles. The first-order chi connectivity index (χ1) is 10.3. The lowest BCUT2D eigenvalue weighted by Crippen LogP contribution is -2.26. The van der Waals surface area contributed by atoms with Gasteiger partial charge < -0.3 is 11.2 Å². The monoisotopic (exact) mass is 323 g/mol. The van der Waals surface area contributed by atoms with Crippen LogP contribution in [-0.4, -0.2) is 38.8 Å². The molecule has 2 aromatic rings. The third-order valence-corrected chi connectivity index (χ3v) is 4.58. The zero-order valence-electron chi connectivity index (χ0n) is 11.4. The molecule has 1 aromatic heterocycles. The predicted octanol–water partition coefficient (Wildman–Crippen LogP) is 1.38. The molecular formula is C13H17N5OS2. The van der Waals surface area contributed by atoms with Crippen molar-refractivity contribution in [2.45, 2.75) is 16.5 Å². The molecule has 0 atom stereocenters. The number of nitrogens with one attached hydrogen (secondary N) is 1. The lowest BCUT2D eigenvalue weighted by atomic mass is 10.4. The third kappa shape index (κ3) is 5.68. The van der Waals surface area contributed by atoms with Crippen molar-refractivity contribution in [3.63, 3.8) is 0 Å². The molecule has 0 spiro atoms. The molecular weight excluding hydrogens is 306 g/mol. The van der Waals surface area contributed by atoms with Gasteiger partial charge in [0.1, 0.15) is 6.33 Å². The third-order valence-electron chi connectivity index (χ3n) is 2.53. The minimum atomic E-state index is -0.0206. The number of hydrogen-bond donors (Lipinski definition) is 2. The Morgan fingerprint density at radius 1 is 1.29 bits per heavy atom. The van der Waals surface area contributed by atoms with E-state index in [-0.39, 0.29) is 5.91 Å². The summed E-state index contributed by atoms with van der Waals surface area (Å²) in [5.74, 6) is 6.81. The maximum absolute atomic E-state index is 11.6. The highest BCUT2D eigenvalue weighted by molar-refractivity contribution is 7.99. The van der Waals surface area contributed by atoms with Crippen LogP contribution in [0.5, 0.6) is 0 Å². The van der Waals surface area contributed by atoms with Crippen molar-refractivity contribution in [1.29, 1.82) is 0 Å². The average Bonchev–Trinajstić information content (AvgIpc) is 2.91. The number of rotatable bonds is 8. The fourth-order valence-corrected chi connectivity index (χ4v) is 3.06. The molecule has 3 N–H and O–H groups in total. The van der Waals surface area contributed by atoms with Crippen molar-refractivity contribution in [2.24, 2.45) is 0 Å². The number of carbonyl (C=O) groups is 1. The van der Waals surface area contributed by atoms with E-state index in [0.29, 0.717) is 17.5 Å². The fraction of sp³-hybridized carbons (Fsp3) is 0.308. The van der Waals surface area contributed by atoms with Crippen LogP contribution in [0.2, 0.25) is 0 Å². The fourth-order valence-electron chi connectivity index (χ4n) is 1.52. The summed E-state index contributed by atoms with van der Waals surface area (Å²) in [7, 11) is 0.